The number of aryl methyl sites for hydroxylation is 1. The Balaban J connectivity index is 1.97. The monoisotopic (exact) mass is 220 g/mol. The largest absolute Gasteiger partial charge is 0.339 e. The highest BCUT2D eigenvalue weighted by molar-refractivity contribution is 5.62. The van der Waals surface area contributed by atoms with E-state index in [0.29, 0.717) is 11.7 Å². The molecule has 3 saturated carbocycles. The van der Waals surface area contributed by atoms with Crippen LogP contribution < -0.4 is 0 Å². The Kier molecular flexibility index (Phi) is 2.13. The van der Waals surface area contributed by atoms with Gasteiger partial charge in [-0.15, -0.1) is 0 Å². The van der Waals surface area contributed by atoms with Crippen LogP contribution in [0.25, 0.3) is 0 Å². The molecule has 1 unspecified atom stereocenters. The predicted molar refractivity (Wildman–Crippen MR) is 56.8 cm³/mol. The summed E-state index contributed by atoms with van der Waals surface area (Å²) in [6, 6.07) is 0. The lowest BCUT2D eigenvalue weighted by atomic mass is 9.55. The summed E-state index contributed by atoms with van der Waals surface area (Å²) in [4.78, 5) is 15.7. The van der Waals surface area contributed by atoms with Crippen LogP contribution in [0.4, 0.5) is 0 Å². The van der Waals surface area contributed by atoms with Crippen molar-refractivity contribution in [3.8, 4) is 0 Å². The quantitative estimate of drug-likeness (QED) is 0.717. The Morgan fingerprint density at radius 3 is 2.75 bits per heavy atom. The fourth-order valence-corrected chi connectivity index (χ4v) is 3.37. The fraction of sp³-hybridized carbons (Fsp3) is 0.750. The second kappa shape index (κ2) is 3.40. The third-order valence-electron chi connectivity index (χ3n) is 4.38. The Hall–Kier alpha value is -1.19. The first kappa shape index (κ1) is 10.00. The molecule has 4 rings (SSSR count). The second-order valence-corrected chi connectivity index (χ2v) is 5.26. The van der Waals surface area contributed by atoms with Gasteiger partial charge in [-0.2, -0.15) is 4.98 Å². The van der Waals surface area contributed by atoms with E-state index in [9.17, 15) is 4.79 Å². The lowest BCUT2D eigenvalue weighted by Crippen LogP contribution is -2.42. The van der Waals surface area contributed by atoms with Gasteiger partial charge in [0.2, 0.25) is 5.89 Å². The molecule has 1 atom stereocenters. The highest BCUT2D eigenvalue weighted by atomic mass is 16.5. The van der Waals surface area contributed by atoms with Crippen molar-refractivity contribution in [3.63, 3.8) is 0 Å². The minimum atomic E-state index is -0.215. The molecule has 0 radical (unpaired) electrons. The molecule has 0 aliphatic heterocycles. The maximum atomic E-state index is 11.4. The number of hydrogen-bond acceptors (Lipinski definition) is 4. The molecule has 4 nitrogen and oxygen atoms in total. The van der Waals surface area contributed by atoms with Crippen molar-refractivity contribution < 1.29 is 9.32 Å². The molecule has 0 saturated heterocycles. The molecule has 16 heavy (non-hydrogen) atoms. The van der Waals surface area contributed by atoms with Gasteiger partial charge < -0.3 is 9.32 Å². The third-order valence-corrected chi connectivity index (χ3v) is 4.38. The van der Waals surface area contributed by atoms with Crippen molar-refractivity contribution >= 4 is 6.29 Å². The first-order valence-electron chi connectivity index (χ1n) is 6.00. The zero-order valence-electron chi connectivity index (χ0n) is 9.48. The second-order valence-electron chi connectivity index (χ2n) is 5.26. The summed E-state index contributed by atoms with van der Waals surface area (Å²) in [6.07, 6.45) is 6.54. The molecule has 4 heteroatoms. The van der Waals surface area contributed by atoms with Gasteiger partial charge in [0.1, 0.15) is 6.29 Å². The summed E-state index contributed by atoms with van der Waals surface area (Å²) in [5, 5.41) is 3.84. The molecule has 0 amide bonds. The van der Waals surface area contributed by atoms with Gasteiger partial charge in [-0.3, -0.25) is 0 Å². The maximum absolute atomic E-state index is 11.4. The normalized spacial score (nSPS) is 37.6. The number of hydrogen-bond donors (Lipinski definition) is 0. The summed E-state index contributed by atoms with van der Waals surface area (Å²) in [7, 11) is 0. The van der Waals surface area contributed by atoms with E-state index in [0.717, 1.165) is 31.5 Å². The van der Waals surface area contributed by atoms with Crippen LogP contribution in [0.2, 0.25) is 0 Å². The van der Waals surface area contributed by atoms with Crippen LogP contribution in [0.5, 0.6) is 0 Å². The number of aldehydes is 1. The van der Waals surface area contributed by atoms with Crippen LogP contribution in [-0.2, 0) is 4.79 Å². The number of rotatable bonds is 2. The van der Waals surface area contributed by atoms with Gasteiger partial charge in [-0.1, -0.05) is 5.16 Å². The van der Waals surface area contributed by atoms with Crippen molar-refractivity contribution in [1.82, 2.24) is 10.1 Å². The zero-order valence-corrected chi connectivity index (χ0v) is 9.48. The Morgan fingerprint density at radius 1 is 1.44 bits per heavy atom. The van der Waals surface area contributed by atoms with Crippen LogP contribution >= 0.6 is 0 Å². The van der Waals surface area contributed by atoms with Crippen LogP contribution in [0.3, 0.4) is 0 Å². The molecule has 0 N–H and O–H groups in total. The summed E-state index contributed by atoms with van der Waals surface area (Å²) in [5.74, 6) is 2.25. The van der Waals surface area contributed by atoms with Gasteiger partial charge in [0.15, 0.2) is 5.82 Å². The average molecular weight is 220 g/mol. The van der Waals surface area contributed by atoms with Gasteiger partial charge in [-0.25, -0.2) is 0 Å². The highest BCUT2D eigenvalue weighted by Gasteiger charge is 2.50. The van der Waals surface area contributed by atoms with E-state index >= 15 is 0 Å². The number of carbonyl (C=O) groups is 1. The van der Waals surface area contributed by atoms with E-state index < -0.39 is 0 Å². The molecule has 1 aromatic heterocycles. The van der Waals surface area contributed by atoms with Gasteiger partial charge >= 0.3 is 0 Å². The van der Waals surface area contributed by atoms with Crippen molar-refractivity contribution in [3.05, 3.63) is 11.7 Å². The lowest BCUT2D eigenvalue weighted by molar-refractivity contribution is -0.124. The summed E-state index contributed by atoms with van der Waals surface area (Å²) in [6.45, 7) is 1.82. The fourth-order valence-electron chi connectivity index (χ4n) is 3.37. The van der Waals surface area contributed by atoms with E-state index in [2.05, 4.69) is 10.1 Å². The predicted octanol–water partition coefficient (Wildman–Crippen LogP) is 2.24. The van der Waals surface area contributed by atoms with E-state index in [4.69, 9.17) is 4.52 Å². The third kappa shape index (κ3) is 1.32. The summed E-state index contributed by atoms with van der Waals surface area (Å²) >= 11 is 0. The molecule has 3 fully saturated rings. The zero-order chi connectivity index (χ0) is 11.2. The molecular weight excluding hydrogens is 204 g/mol. The molecule has 3 aliphatic rings. The molecule has 1 heterocycles. The Morgan fingerprint density at radius 2 is 2.19 bits per heavy atom. The Bertz CT molecular complexity index is 405. The van der Waals surface area contributed by atoms with E-state index in [-0.39, 0.29) is 11.3 Å². The molecule has 0 spiro atoms. The highest BCUT2D eigenvalue weighted by Crippen LogP contribution is 2.56. The first-order chi connectivity index (χ1) is 7.73. The standard InChI is InChI=1S/C12H16N2O2/c1-8-13-11(16-14-8)10-6-9-2-4-12(10,7-15)5-3-9/h7,9-10H,2-6H2,1H3. The minimum Gasteiger partial charge on any atom is -0.339 e. The van der Waals surface area contributed by atoms with E-state index in [1.54, 1.807) is 0 Å². The Labute approximate surface area is 94.4 Å². The van der Waals surface area contributed by atoms with Gasteiger partial charge in [0, 0.05) is 5.41 Å². The van der Waals surface area contributed by atoms with Crippen molar-refractivity contribution in [2.75, 3.05) is 0 Å². The molecule has 3 aliphatic carbocycles. The first-order valence-corrected chi connectivity index (χ1v) is 6.00. The summed E-state index contributed by atoms with van der Waals surface area (Å²) in [5.41, 5.74) is -0.215. The van der Waals surface area contributed by atoms with Gasteiger partial charge in [0.05, 0.1) is 5.92 Å². The van der Waals surface area contributed by atoms with E-state index in [1.165, 1.54) is 12.8 Å². The van der Waals surface area contributed by atoms with Crippen LogP contribution in [-0.4, -0.2) is 16.4 Å². The number of nitrogens with zero attached hydrogens (tertiary/aromatic N) is 2. The molecule has 0 aromatic carbocycles. The van der Waals surface area contributed by atoms with Crippen LogP contribution in [0.15, 0.2) is 4.52 Å². The SMILES string of the molecule is Cc1noc(C2CC3CCC2(C=O)CC3)n1. The van der Waals surface area contributed by atoms with Gasteiger partial charge in [-0.05, 0) is 44.9 Å². The van der Waals surface area contributed by atoms with E-state index in [1.807, 2.05) is 6.92 Å². The van der Waals surface area contributed by atoms with Crippen LogP contribution in [0, 0.1) is 18.3 Å². The van der Waals surface area contributed by atoms with Crippen LogP contribution in [0.1, 0.15) is 49.7 Å². The lowest BCUT2D eigenvalue weighted by Gasteiger charge is -2.47. The average Bonchev–Trinajstić information content (AvgIpc) is 2.77. The van der Waals surface area contributed by atoms with Gasteiger partial charge in [0.25, 0.3) is 0 Å². The molecule has 2 bridgehead atoms. The minimum absolute atomic E-state index is 0.165. The maximum Gasteiger partial charge on any atom is 0.230 e. The van der Waals surface area contributed by atoms with Crippen molar-refractivity contribution in [2.45, 2.75) is 44.9 Å². The molecule has 86 valence electrons. The summed E-state index contributed by atoms with van der Waals surface area (Å²) < 4.78 is 5.26. The molecule has 1 aromatic rings. The molecular formula is C12H16N2O2. The number of fused-ring (bicyclic) bond motifs is 3. The topological polar surface area (TPSA) is 56.0 Å². The number of aromatic nitrogens is 2. The van der Waals surface area contributed by atoms with Crippen molar-refractivity contribution in [1.29, 1.82) is 0 Å². The van der Waals surface area contributed by atoms with Crippen molar-refractivity contribution in [2.24, 2.45) is 11.3 Å². The smallest absolute Gasteiger partial charge is 0.230 e. The number of carbonyl (C=O) groups excluding carboxylic acids is 1.